The first-order chi connectivity index (χ1) is 7.38. The molecule has 0 aromatic carbocycles. The van der Waals surface area contributed by atoms with Crippen molar-refractivity contribution < 1.29 is 4.92 Å². The Bertz CT molecular complexity index is 355. The molecule has 7 nitrogen and oxygen atoms in total. The molecule has 1 aromatic heterocycles. The third kappa shape index (κ3) is 4.35. The molecule has 0 unspecified atom stereocenters. The predicted molar refractivity (Wildman–Crippen MR) is 59.0 cm³/mol. The van der Waals surface area contributed by atoms with E-state index in [9.17, 15) is 10.1 Å². The molecule has 0 bridgehead atoms. The van der Waals surface area contributed by atoms with Crippen LogP contribution in [0.4, 0.5) is 5.95 Å². The Morgan fingerprint density at radius 2 is 2.25 bits per heavy atom. The smallest absolute Gasteiger partial charge is 0.390 e. The Hall–Kier alpha value is -1.50. The average Bonchev–Trinajstić information content (AvgIpc) is 2.59. The molecule has 0 spiro atoms. The third-order valence-corrected chi connectivity index (χ3v) is 1.91. The first-order valence-corrected chi connectivity index (χ1v) is 5.17. The van der Waals surface area contributed by atoms with Gasteiger partial charge >= 0.3 is 5.95 Å². The number of nitro groups is 1. The van der Waals surface area contributed by atoms with Gasteiger partial charge in [0.1, 0.15) is 0 Å². The van der Waals surface area contributed by atoms with Crippen LogP contribution in [-0.4, -0.2) is 31.8 Å². The monoisotopic (exact) mass is 227 g/mol. The van der Waals surface area contributed by atoms with Gasteiger partial charge in [0.05, 0.1) is 6.54 Å². The fraction of sp³-hybridized carbons (Fsp3) is 0.778. The summed E-state index contributed by atoms with van der Waals surface area (Å²) in [5.74, 6) is -0.344. The summed E-state index contributed by atoms with van der Waals surface area (Å²) < 4.78 is 1.49. The highest BCUT2D eigenvalue weighted by Crippen LogP contribution is 2.01. The minimum absolute atomic E-state index is 0.0916. The summed E-state index contributed by atoms with van der Waals surface area (Å²) in [7, 11) is 0. The average molecular weight is 227 g/mol. The van der Waals surface area contributed by atoms with Gasteiger partial charge < -0.3 is 15.4 Å². The van der Waals surface area contributed by atoms with Gasteiger partial charge in [0.25, 0.3) is 0 Å². The van der Waals surface area contributed by atoms with E-state index in [4.69, 9.17) is 0 Å². The van der Waals surface area contributed by atoms with Crippen molar-refractivity contribution in [1.82, 2.24) is 20.1 Å². The van der Waals surface area contributed by atoms with Crippen LogP contribution < -0.4 is 5.32 Å². The number of aryl methyl sites for hydroxylation is 1. The van der Waals surface area contributed by atoms with Crippen LogP contribution in [0, 0.1) is 10.1 Å². The molecule has 0 aliphatic rings. The van der Waals surface area contributed by atoms with Crippen molar-refractivity contribution in [1.29, 1.82) is 0 Å². The van der Waals surface area contributed by atoms with Gasteiger partial charge in [-0.05, 0) is 38.7 Å². The molecule has 1 rings (SSSR count). The van der Waals surface area contributed by atoms with Crippen LogP contribution in [0.5, 0.6) is 0 Å². The van der Waals surface area contributed by atoms with Gasteiger partial charge in [-0.3, -0.25) is 0 Å². The van der Waals surface area contributed by atoms with E-state index in [1.807, 2.05) is 0 Å². The second kappa shape index (κ2) is 5.02. The molecular weight excluding hydrogens is 210 g/mol. The van der Waals surface area contributed by atoms with Crippen molar-refractivity contribution in [2.24, 2.45) is 0 Å². The summed E-state index contributed by atoms with van der Waals surface area (Å²) in [5.41, 5.74) is 0.0916. The number of rotatable bonds is 5. The second-order valence-corrected chi connectivity index (χ2v) is 4.60. The maximum Gasteiger partial charge on any atom is 0.490 e. The Kier molecular flexibility index (Phi) is 3.94. The topological polar surface area (TPSA) is 85.9 Å². The zero-order chi connectivity index (χ0) is 12.2. The molecule has 0 fully saturated rings. The van der Waals surface area contributed by atoms with Gasteiger partial charge in [-0.15, -0.1) is 0 Å². The highest BCUT2D eigenvalue weighted by Gasteiger charge is 2.13. The number of hydrogen-bond donors (Lipinski definition) is 1. The molecule has 0 saturated carbocycles. The summed E-state index contributed by atoms with van der Waals surface area (Å²) in [6.07, 6.45) is 2.24. The Balaban J connectivity index is 2.30. The molecule has 0 radical (unpaired) electrons. The molecule has 1 aromatic rings. The molecule has 0 saturated heterocycles. The summed E-state index contributed by atoms with van der Waals surface area (Å²) in [5, 5.41) is 17.4. The number of aromatic nitrogens is 3. The zero-order valence-electron chi connectivity index (χ0n) is 9.80. The van der Waals surface area contributed by atoms with Gasteiger partial charge in [0, 0.05) is 10.6 Å². The second-order valence-electron chi connectivity index (χ2n) is 4.60. The first kappa shape index (κ1) is 12.6. The summed E-state index contributed by atoms with van der Waals surface area (Å²) in [6.45, 7) is 7.75. The van der Waals surface area contributed by atoms with E-state index in [0.717, 1.165) is 13.0 Å². The molecule has 90 valence electrons. The van der Waals surface area contributed by atoms with Crippen LogP contribution in [0.15, 0.2) is 6.33 Å². The van der Waals surface area contributed by atoms with Crippen LogP contribution in [0.1, 0.15) is 27.2 Å². The molecule has 7 heteroatoms. The molecule has 0 aliphatic carbocycles. The molecule has 0 amide bonds. The van der Waals surface area contributed by atoms with Crippen molar-refractivity contribution in [2.75, 3.05) is 6.54 Å². The van der Waals surface area contributed by atoms with E-state index in [1.54, 1.807) is 0 Å². The van der Waals surface area contributed by atoms with Crippen LogP contribution in [-0.2, 0) is 6.54 Å². The molecule has 1 N–H and O–H groups in total. The fourth-order valence-electron chi connectivity index (χ4n) is 1.18. The Morgan fingerprint density at radius 1 is 1.56 bits per heavy atom. The van der Waals surface area contributed by atoms with Crippen LogP contribution in [0.25, 0.3) is 0 Å². The lowest BCUT2D eigenvalue weighted by Crippen LogP contribution is -2.36. The fourth-order valence-corrected chi connectivity index (χ4v) is 1.18. The van der Waals surface area contributed by atoms with Crippen molar-refractivity contribution in [3.8, 4) is 0 Å². The van der Waals surface area contributed by atoms with Crippen molar-refractivity contribution in [2.45, 2.75) is 39.3 Å². The minimum atomic E-state index is -0.593. The van der Waals surface area contributed by atoms with E-state index in [-0.39, 0.29) is 11.5 Å². The lowest BCUT2D eigenvalue weighted by molar-refractivity contribution is -0.394. The maximum absolute atomic E-state index is 10.3. The van der Waals surface area contributed by atoms with Crippen LogP contribution >= 0.6 is 0 Å². The highest BCUT2D eigenvalue weighted by atomic mass is 16.6. The van der Waals surface area contributed by atoms with Crippen molar-refractivity contribution in [3.05, 3.63) is 16.4 Å². The quantitative estimate of drug-likeness (QED) is 0.460. The highest BCUT2D eigenvalue weighted by molar-refractivity contribution is 4.96. The molecule has 0 atom stereocenters. The van der Waals surface area contributed by atoms with Crippen LogP contribution in [0.3, 0.4) is 0 Å². The Labute approximate surface area is 94.0 Å². The summed E-state index contributed by atoms with van der Waals surface area (Å²) in [4.78, 5) is 13.3. The molecular formula is C9H17N5O2. The SMILES string of the molecule is CC(C)(C)NCCCn1cnc([N+](=O)[O-])n1. The first-order valence-electron chi connectivity index (χ1n) is 5.17. The van der Waals surface area contributed by atoms with Gasteiger partial charge in [0.2, 0.25) is 6.33 Å². The van der Waals surface area contributed by atoms with Gasteiger partial charge in [0.15, 0.2) is 0 Å². The molecule has 1 heterocycles. The van der Waals surface area contributed by atoms with Gasteiger partial charge in [-0.2, -0.15) is 4.68 Å². The number of nitrogens with one attached hydrogen (secondary N) is 1. The van der Waals surface area contributed by atoms with E-state index < -0.39 is 4.92 Å². The number of hydrogen-bond acceptors (Lipinski definition) is 5. The number of nitrogens with zero attached hydrogens (tertiary/aromatic N) is 4. The largest absolute Gasteiger partial charge is 0.490 e. The lowest BCUT2D eigenvalue weighted by atomic mass is 10.1. The van der Waals surface area contributed by atoms with Crippen molar-refractivity contribution in [3.63, 3.8) is 0 Å². The Morgan fingerprint density at radius 3 is 2.75 bits per heavy atom. The molecule has 0 aliphatic heterocycles. The van der Waals surface area contributed by atoms with E-state index in [0.29, 0.717) is 6.54 Å². The predicted octanol–water partition coefficient (Wildman–Crippen LogP) is 0.964. The summed E-state index contributed by atoms with van der Waals surface area (Å²) in [6, 6.07) is 0. The van der Waals surface area contributed by atoms with Gasteiger partial charge in [-0.25, -0.2) is 0 Å². The molecule has 16 heavy (non-hydrogen) atoms. The van der Waals surface area contributed by atoms with Crippen LogP contribution in [0.2, 0.25) is 0 Å². The minimum Gasteiger partial charge on any atom is -0.390 e. The van der Waals surface area contributed by atoms with E-state index in [2.05, 4.69) is 36.2 Å². The normalized spacial score (nSPS) is 11.7. The maximum atomic E-state index is 10.3. The van der Waals surface area contributed by atoms with E-state index in [1.165, 1.54) is 11.0 Å². The van der Waals surface area contributed by atoms with Gasteiger partial charge in [-0.1, -0.05) is 4.98 Å². The third-order valence-electron chi connectivity index (χ3n) is 1.91. The lowest BCUT2D eigenvalue weighted by Gasteiger charge is -2.20. The zero-order valence-corrected chi connectivity index (χ0v) is 9.80. The van der Waals surface area contributed by atoms with Crippen molar-refractivity contribution >= 4 is 5.95 Å². The standard InChI is InChI=1S/C9H17N5O2/c1-9(2,3)11-5-4-6-13-7-10-8(12-13)14(15)16/h7,11H,4-6H2,1-3H3. The van der Waals surface area contributed by atoms with E-state index >= 15 is 0 Å². The summed E-state index contributed by atoms with van der Waals surface area (Å²) >= 11 is 0.